The summed E-state index contributed by atoms with van der Waals surface area (Å²) >= 11 is 12.4. The molecule has 0 spiro atoms. The third-order valence-corrected chi connectivity index (χ3v) is 3.92. The topological polar surface area (TPSA) is 82.5 Å². The van der Waals surface area contributed by atoms with E-state index in [1.165, 1.54) is 17.1 Å². The molecule has 0 amide bonds. The number of tetrazole rings is 1. The lowest BCUT2D eigenvalue weighted by Gasteiger charge is -2.12. The maximum Gasteiger partial charge on any atom is 0.207 e. The van der Waals surface area contributed by atoms with Gasteiger partial charge < -0.3 is 5.73 Å². The number of aromatic nitrogens is 5. The van der Waals surface area contributed by atoms with Gasteiger partial charge in [0.05, 0.1) is 17.8 Å². The van der Waals surface area contributed by atoms with Crippen LogP contribution in [0.15, 0.2) is 24.4 Å². The molecule has 1 atom stereocenters. The predicted molar refractivity (Wildman–Crippen MR) is 90.0 cm³/mol. The van der Waals surface area contributed by atoms with Crippen LogP contribution in [0, 0.1) is 5.82 Å². The molecule has 124 valence electrons. The highest BCUT2D eigenvalue weighted by Crippen LogP contribution is 2.38. The molecule has 3 rings (SSSR count). The molecule has 1 aromatic carbocycles. The molecule has 0 aliphatic carbocycles. The van der Waals surface area contributed by atoms with Crippen LogP contribution in [0.3, 0.4) is 0 Å². The lowest BCUT2D eigenvalue weighted by molar-refractivity contribution is 0.580. The Bertz CT molecular complexity index is 909. The molecular weight excluding hydrogens is 354 g/mol. The minimum Gasteiger partial charge on any atom is -0.323 e. The number of benzene rings is 1. The van der Waals surface area contributed by atoms with Gasteiger partial charge in [-0.1, -0.05) is 23.2 Å². The Balaban J connectivity index is 2.22. The molecule has 0 aliphatic heterocycles. The molecule has 24 heavy (non-hydrogen) atoms. The Morgan fingerprint density at radius 2 is 2.00 bits per heavy atom. The van der Waals surface area contributed by atoms with Crippen LogP contribution in [0.25, 0.3) is 22.5 Å². The summed E-state index contributed by atoms with van der Waals surface area (Å²) in [4.78, 5) is 5.41. The first-order chi connectivity index (χ1) is 11.4. The summed E-state index contributed by atoms with van der Waals surface area (Å²) in [5.74, 6) is -0.192. The predicted octanol–water partition coefficient (Wildman–Crippen LogP) is 3.40. The fourth-order valence-electron chi connectivity index (χ4n) is 2.34. The summed E-state index contributed by atoms with van der Waals surface area (Å²) in [6.45, 7) is 1.66. The number of hydrogen-bond donors (Lipinski definition) is 1. The van der Waals surface area contributed by atoms with Crippen LogP contribution in [-0.2, 0) is 7.05 Å². The van der Waals surface area contributed by atoms with Crippen LogP contribution < -0.4 is 5.73 Å². The summed E-state index contributed by atoms with van der Waals surface area (Å²) in [5.41, 5.74) is 7.44. The molecule has 2 N–H and O–H groups in total. The summed E-state index contributed by atoms with van der Waals surface area (Å²) in [5, 5.41) is 12.7. The Hall–Kier alpha value is -2.09. The highest BCUT2D eigenvalue weighted by atomic mass is 35.5. The highest BCUT2D eigenvalue weighted by Gasteiger charge is 2.19. The molecule has 6 nitrogen and oxygen atoms in total. The van der Waals surface area contributed by atoms with Crippen LogP contribution in [0.2, 0.25) is 10.0 Å². The lowest BCUT2D eigenvalue weighted by atomic mass is 9.99. The van der Waals surface area contributed by atoms with E-state index in [2.05, 4.69) is 20.4 Å². The number of hydrogen-bond acceptors (Lipinski definition) is 5. The molecule has 0 aliphatic rings. The molecule has 2 aromatic heterocycles. The number of nitrogens with two attached hydrogens (primary N) is 1. The van der Waals surface area contributed by atoms with E-state index in [4.69, 9.17) is 28.9 Å². The van der Waals surface area contributed by atoms with E-state index in [-0.39, 0.29) is 5.69 Å². The van der Waals surface area contributed by atoms with E-state index in [1.54, 1.807) is 26.1 Å². The quantitative estimate of drug-likeness (QED) is 0.767. The van der Waals surface area contributed by atoms with E-state index in [9.17, 15) is 4.39 Å². The van der Waals surface area contributed by atoms with Gasteiger partial charge in [-0.15, -0.1) is 10.2 Å². The largest absolute Gasteiger partial charge is 0.323 e. The zero-order valence-electron chi connectivity index (χ0n) is 12.8. The van der Waals surface area contributed by atoms with E-state index in [1.807, 2.05) is 0 Å². The van der Waals surface area contributed by atoms with Gasteiger partial charge in [0.25, 0.3) is 0 Å². The first-order valence-electron chi connectivity index (χ1n) is 7.01. The van der Waals surface area contributed by atoms with Gasteiger partial charge in [0.2, 0.25) is 5.82 Å². The molecule has 0 saturated carbocycles. The van der Waals surface area contributed by atoms with Crippen molar-refractivity contribution in [3.63, 3.8) is 0 Å². The third kappa shape index (κ3) is 3.10. The van der Waals surface area contributed by atoms with Crippen molar-refractivity contribution >= 4 is 23.2 Å². The normalized spacial score (nSPS) is 12.4. The van der Waals surface area contributed by atoms with Gasteiger partial charge in [0.1, 0.15) is 5.82 Å². The summed E-state index contributed by atoms with van der Waals surface area (Å²) in [6, 6.07) is 4.05. The molecular formula is C15H13Cl2FN6. The van der Waals surface area contributed by atoms with Crippen LogP contribution in [0.4, 0.5) is 4.39 Å². The van der Waals surface area contributed by atoms with Crippen molar-refractivity contribution in [3.05, 3.63) is 46.0 Å². The zero-order chi connectivity index (χ0) is 17.4. The van der Waals surface area contributed by atoms with Crippen molar-refractivity contribution in [1.82, 2.24) is 25.2 Å². The van der Waals surface area contributed by atoms with Crippen LogP contribution >= 0.6 is 23.2 Å². The van der Waals surface area contributed by atoms with E-state index in [0.717, 1.165) is 0 Å². The van der Waals surface area contributed by atoms with Gasteiger partial charge >= 0.3 is 0 Å². The smallest absolute Gasteiger partial charge is 0.207 e. The number of rotatable bonds is 3. The monoisotopic (exact) mass is 366 g/mol. The lowest BCUT2D eigenvalue weighted by Crippen LogP contribution is -2.10. The summed E-state index contributed by atoms with van der Waals surface area (Å²) < 4.78 is 14.3. The molecule has 1 unspecified atom stereocenters. The SMILES string of the molecule is CC(N)c1ncc(-c2cc(Cl)cc(Cl)c2-c2nnn(C)n2)cc1F. The molecule has 0 saturated heterocycles. The third-order valence-electron chi connectivity index (χ3n) is 3.40. The first-order valence-corrected chi connectivity index (χ1v) is 7.77. The Labute approximate surface area is 147 Å². The second-order valence-corrected chi connectivity index (χ2v) is 6.14. The van der Waals surface area contributed by atoms with Gasteiger partial charge in [-0.3, -0.25) is 4.98 Å². The van der Waals surface area contributed by atoms with Crippen molar-refractivity contribution in [2.45, 2.75) is 13.0 Å². The molecule has 0 fully saturated rings. The Morgan fingerprint density at radius 1 is 1.25 bits per heavy atom. The fourth-order valence-corrected chi connectivity index (χ4v) is 2.92. The highest BCUT2D eigenvalue weighted by molar-refractivity contribution is 6.37. The van der Waals surface area contributed by atoms with Crippen molar-refractivity contribution in [1.29, 1.82) is 0 Å². The average molecular weight is 367 g/mol. The molecule has 0 bridgehead atoms. The number of halogens is 3. The second-order valence-electron chi connectivity index (χ2n) is 5.29. The fraction of sp³-hybridized carbons (Fsp3) is 0.200. The van der Waals surface area contributed by atoms with E-state index < -0.39 is 11.9 Å². The van der Waals surface area contributed by atoms with Crippen LogP contribution in [-0.4, -0.2) is 25.2 Å². The maximum atomic E-state index is 14.3. The number of pyridine rings is 1. The second kappa shape index (κ2) is 6.43. The van der Waals surface area contributed by atoms with E-state index in [0.29, 0.717) is 32.6 Å². The van der Waals surface area contributed by atoms with Crippen LogP contribution in [0.5, 0.6) is 0 Å². The van der Waals surface area contributed by atoms with Gasteiger partial charge in [0, 0.05) is 28.4 Å². The van der Waals surface area contributed by atoms with Gasteiger partial charge in [-0.2, -0.15) is 4.80 Å². The van der Waals surface area contributed by atoms with Gasteiger partial charge in [-0.05, 0) is 35.9 Å². The van der Waals surface area contributed by atoms with Crippen molar-refractivity contribution in [2.24, 2.45) is 12.8 Å². The van der Waals surface area contributed by atoms with Crippen LogP contribution in [0.1, 0.15) is 18.7 Å². The molecule has 2 heterocycles. The number of aryl methyl sites for hydroxylation is 1. The summed E-state index contributed by atoms with van der Waals surface area (Å²) in [6.07, 6.45) is 1.52. The Kier molecular flexibility index (Phi) is 4.49. The van der Waals surface area contributed by atoms with Crippen molar-refractivity contribution in [2.75, 3.05) is 0 Å². The standard InChI is InChI=1S/C15H13Cl2FN6/c1-7(19)14-12(18)3-8(6-20-14)10-4-9(16)5-11(17)13(10)15-21-23-24(2)22-15/h3-7H,19H2,1-2H3. The molecule has 0 radical (unpaired) electrons. The minimum atomic E-state index is -0.511. The number of nitrogens with zero attached hydrogens (tertiary/aromatic N) is 5. The zero-order valence-corrected chi connectivity index (χ0v) is 14.3. The van der Waals surface area contributed by atoms with Crippen molar-refractivity contribution < 1.29 is 4.39 Å². The van der Waals surface area contributed by atoms with Gasteiger partial charge in [-0.25, -0.2) is 4.39 Å². The molecule has 9 heteroatoms. The van der Waals surface area contributed by atoms with Gasteiger partial charge in [0.15, 0.2) is 0 Å². The van der Waals surface area contributed by atoms with E-state index >= 15 is 0 Å². The van der Waals surface area contributed by atoms with Crippen molar-refractivity contribution in [3.8, 4) is 22.5 Å². The summed E-state index contributed by atoms with van der Waals surface area (Å²) in [7, 11) is 1.64. The minimum absolute atomic E-state index is 0.186. The first kappa shape index (κ1) is 16.8. The molecule has 3 aromatic rings. The Morgan fingerprint density at radius 3 is 2.58 bits per heavy atom. The maximum absolute atomic E-state index is 14.3. The average Bonchev–Trinajstić information content (AvgIpc) is 2.92.